The normalized spacial score (nSPS) is 12.6. The topological polar surface area (TPSA) is 18.5 Å². The molecule has 0 unspecified atom stereocenters. The van der Waals surface area contributed by atoms with Crippen molar-refractivity contribution >= 4 is 0 Å². The molecule has 0 aromatic carbocycles. The molecule has 1 heterocycles. The van der Waals surface area contributed by atoms with Crippen LogP contribution in [0.2, 0.25) is 0 Å². The number of ether oxygens (including phenoxy) is 2. The monoisotopic (exact) mass is 198 g/mol. The fourth-order valence-corrected chi connectivity index (χ4v) is 0.196. The summed E-state index contributed by atoms with van der Waals surface area (Å²) >= 11 is 0. The van der Waals surface area contributed by atoms with Gasteiger partial charge in [-0.05, 0) is 0 Å². The first-order valence-corrected chi connectivity index (χ1v) is 1.38. The zero-order chi connectivity index (χ0) is 3.54. The van der Waals surface area contributed by atoms with Gasteiger partial charge in [0.25, 0.3) is 0 Å². The van der Waals surface area contributed by atoms with E-state index in [1.807, 2.05) is 0 Å². The summed E-state index contributed by atoms with van der Waals surface area (Å²) in [5.41, 5.74) is 0. The van der Waals surface area contributed by atoms with Crippen LogP contribution in [-0.2, 0) is 43.6 Å². The molecule has 4 heteroatoms. The fourth-order valence-electron chi connectivity index (χ4n) is 0.196. The molecule has 0 aromatic rings. The molecule has 0 amide bonds. The molecule has 1 rings (SSSR count). The number of hydrogen-bond donors (Lipinski definition) is 0. The van der Waals surface area contributed by atoms with E-state index in [0.29, 0.717) is 6.79 Å². The van der Waals surface area contributed by atoms with Crippen molar-refractivity contribution in [3.63, 3.8) is 0 Å². The van der Waals surface area contributed by atoms with E-state index in [1.165, 1.54) is 12.5 Å². The van der Waals surface area contributed by atoms with Gasteiger partial charge in [-0.1, -0.05) is 0 Å². The Hall–Kier alpha value is 0.379. The summed E-state index contributed by atoms with van der Waals surface area (Å²) in [5.74, 6) is 0. The van der Waals surface area contributed by atoms with Crippen molar-refractivity contribution in [3.8, 4) is 0 Å². The third-order valence-corrected chi connectivity index (χ3v) is 0.384. The molecular formula is C3H4Cu2O2. The quantitative estimate of drug-likeness (QED) is 0.527. The molecule has 0 N–H and O–H groups in total. The summed E-state index contributed by atoms with van der Waals surface area (Å²) in [6.45, 7) is 0.389. The summed E-state index contributed by atoms with van der Waals surface area (Å²) in [6.07, 6.45) is 3.03. The van der Waals surface area contributed by atoms with Crippen LogP contribution < -0.4 is 0 Å². The Bertz CT molecular complexity index is 48.9. The van der Waals surface area contributed by atoms with Crippen molar-refractivity contribution in [2.75, 3.05) is 6.79 Å². The van der Waals surface area contributed by atoms with E-state index >= 15 is 0 Å². The number of hydrogen-bond acceptors (Lipinski definition) is 2. The first-order valence-electron chi connectivity index (χ1n) is 1.38. The van der Waals surface area contributed by atoms with Gasteiger partial charge in [0.05, 0.1) is 0 Å². The van der Waals surface area contributed by atoms with Crippen molar-refractivity contribution in [2.24, 2.45) is 0 Å². The van der Waals surface area contributed by atoms with E-state index in [0.717, 1.165) is 0 Å². The van der Waals surface area contributed by atoms with Crippen LogP contribution >= 0.6 is 0 Å². The van der Waals surface area contributed by atoms with E-state index in [1.54, 1.807) is 0 Å². The first kappa shape index (κ1) is 10.4. The summed E-state index contributed by atoms with van der Waals surface area (Å²) in [6, 6.07) is 0. The van der Waals surface area contributed by atoms with E-state index in [-0.39, 0.29) is 34.1 Å². The standard InChI is InChI=1S/C3H4O2.2Cu/c1-2-5-3-4-1;;/h1-2H,3H2;;. The second-order valence-corrected chi connectivity index (χ2v) is 0.723. The zero-order valence-corrected chi connectivity index (χ0v) is 5.16. The molecule has 0 spiro atoms. The molecule has 1 aliphatic rings. The smallest absolute Gasteiger partial charge is 0.229 e. The Morgan fingerprint density at radius 3 is 1.57 bits per heavy atom. The SMILES string of the molecule is C1=COCO1.[Cu].[Cu]. The number of rotatable bonds is 0. The van der Waals surface area contributed by atoms with Crippen molar-refractivity contribution in [3.05, 3.63) is 12.5 Å². The summed E-state index contributed by atoms with van der Waals surface area (Å²) in [5, 5.41) is 0. The average Bonchev–Trinajstić information content (AvgIpc) is 1.76. The van der Waals surface area contributed by atoms with E-state index in [9.17, 15) is 0 Å². The Labute approximate surface area is 63.2 Å². The van der Waals surface area contributed by atoms with E-state index < -0.39 is 0 Å². The Kier molecular flexibility index (Phi) is 9.46. The van der Waals surface area contributed by atoms with Gasteiger partial charge in [0.2, 0.25) is 6.79 Å². The molecule has 0 atom stereocenters. The van der Waals surface area contributed by atoms with Crippen molar-refractivity contribution in [1.82, 2.24) is 0 Å². The predicted octanol–water partition coefficient (Wildman–Crippen LogP) is 0.457. The molecule has 50 valence electrons. The molecular weight excluding hydrogens is 195 g/mol. The van der Waals surface area contributed by atoms with Gasteiger partial charge in [0.15, 0.2) is 0 Å². The van der Waals surface area contributed by atoms with Gasteiger partial charge in [0.1, 0.15) is 12.5 Å². The largest absolute Gasteiger partial charge is 0.462 e. The van der Waals surface area contributed by atoms with Gasteiger partial charge >= 0.3 is 0 Å². The van der Waals surface area contributed by atoms with Crippen LogP contribution in [0.5, 0.6) is 0 Å². The van der Waals surface area contributed by atoms with Gasteiger partial charge in [0, 0.05) is 34.1 Å². The average molecular weight is 199 g/mol. The molecule has 0 aromatic heterocycles. The van der Waals surface area contributed by atoms with Crippen LogP contribution in [-0.4, -0.2) is 6.79 Å². The van der Waals surface area contributed by atoms with Gasteiger partial charge in [-0.25, -0.2) is 0 Å². The van der Waals surface area contributed by atoms with Crippen LogP contribution in [0.15, 0.2) is 12.5 Å². The Balaban J connectivity index is 0. The van der Waals surface area contributed by atoms with E-state index in [4.69, 9.17) is 0 Å². The maximum atomic E-state index is 4.54. The van der Waals surface area contributed by atoms with Crippen LogP contribution in [0, 0.1) is 0 Å². The molecule has 0 saturated heterocycles. The van der Waals surface area contributed by atoms with Crippen LogP contribution in [0.1, 0.15) is 0 Å². The van der Waals surface area contributed by atoms with Crippen LogP contribution in [0.4, 0.5) is 0 Å². The molecule has 2 radical (unpaired) electrons. The third-order valence-electron chi connectivity index (χ3n) is 0.384. The van der Waals surface area contributed by atoms with Crippen molar-refractivity contribution < 1.29 is 43.6 Å². The molecule has 0 fully saturated rings. The zero-order valence-electron chi connectivity index (χ0n) is 3.28. The summed E-state index contributed by atoms with van der Waals surface area (Å²) in [7, 11) is 0. The summed E-state index contributed by atoms with van der Waals surface area (Å²) < 4.78 is 9.08. The maximum absolute atomic E-state index is 4.54. The molecule has 0 saturated carbocycles. The van der Waals surface area contributed by atoms with Crippen molar-refractivity contribution in [2.45, 2.75) is 0 Å². The molecule has 2 nitrogen and oxygen atoms in total. The Morgan fingerprint density at radius 1 is 1.00 bits per heavy atom. The van der Waals surface area contributed by atoms with E-state index in [2.05, 4.69) is 9.47 Å². The minimum Gasteiger partial charge on any atom is -0.462 e. The van der Waals surface area contributed by atoms with Gasteiger partial charge in [-0.2, -0.15) is 0 Å². The van der Waals surface area contributed by atoms with Gasteiger partial charge in [-0.3, -0.25) is 0 Å². The molecule has 0 bridgehead atoms. The van der Waals surface area contributed by atoms with Crippen LogP contribution in [0.3, 0.4) is 0 Å². The maximum Gasteiger partial charge on any atom is 0.229 e. The second-order valence-electron chi connectivity index (χ2n) is 0.723. The van der Waals surface area contributed by atoms with Crippen molar-refractivity contribution in [1.29, 1.82) is 0 Å². The minimum absolute atomic E-state index is 0. The summed E-state index contributed by atoms with van der Waals surface area (Å²) in [4.78, 5) is 0. The minimum atomic E-state index is 0. The third kappa shape index (κ3) is 4.23. The van der Waals surface area contributed by atoms with Gasteiger partial charge in [-0.15, -0.1) is 0 Å². The van der Waals surface area contributed by atoms with Crippen LogP contribution in [0.25, 0.3) is 0 Å². The second kappa shape index (κ2) is 6.38. The molecule has 7 heavy (non-hydrogen) atoms. The predicted molar refractivity (Wildman–Crippen MR) is 16.2 cm³/mol. The fraction of sp³-hybridized carbons (Fsp3) is 0.333. The molecule has 0 aliphatic carbocycles. The molecule has 1 aliphatic heterocycles. The Morgan fingerprint density at radius 2 is 1.43 bits per heavy atom. The van der Waals surface area contributed by atoms with Gasteiger partial charge < -0.3 is 9.47 Å². The first-order chi connectivity index (χ1) is 2.50.